The molecule has 0 aliphatic heterocycles. The predicted molar refractivity (Wildman–Crippen MR) is 139 cm³/mol. The van der Waals surface area contributed by atoms with E-state index in [2.05, 4.69) is 20.4 Å². The van der Waals surface area contributed by atoms with Gasteiger partial charge in [-0.2, -0.15) is 13.2 Å². The Morgan fingerprint density at radius 1 is 1.26 bits per heavy atom. The first kappa shape index (κ1) is 26.1. The summed E-state index contributed by atoms with van der Waals surface area (Å²) >= 11 is 0. The summed E-state index contributed by atoms with van der Waals surface area (Å²) in [5, 5.41) is 6.82. The zero-order valence-corrected chi connectivity index (χ0v) is 21.2. The number of halogens is 3. The maximum atomic E-state index is 14.1. The first-order valence-electron chi connectivity index (χ1n) is 12.3. The second-order valence-corrected chi connectivity index (χ2v) is 9.69. The van der Waals surface area contributed by atoms with Crippen molar-refractivity contribution in [3.05, 3.63) is 71.2 Å². The molecule has 0 bridgehead atoms. The van der Waals surface area contributed by atoms with Crippen molar-refractivity contribution >= 4 is 29.5 Å². The third kappa shape index (κ3) is 5.27. The van der Waals surface area contributed by atoms with E-state index in [0.717, 1.165) is 18.9 Å². The average molecular weight is 538 g/mol. The third-order valence-electron chi connectivity index (χ3n) is 7.11. The van der Waals surface area contributed by atoms with E-state index in [1.165, 1.54) is 36.1 Å². The van der Waals surface area contributed by atoms with Gasteiger partial charge in [-0.15, -0.1) is 5.10 Å². The van der Waals surface area contributed by atoms with Gasteiger partial charge in [-0.3, -0.25) is 14.6 Å². The van der Waals surface area contributed by atoms with E-state index < -0.39 is 17.6 Å². The van der Waals surface area contributed by atoms with Crippen molar-refractivity contribution in [3.8, 4) is 11.3 Å². The molecule has 3 heterocycles. The van der Waals surface area contributed by atoms with Gasteiger partial charge in [0, 0.05) is 42.4 Å². The van der Waals surface area contributed by atoms with Crippen LogP contribution in [0.2, 0.25) is 0 Å². The van der Waals surface area contributed by atoms with Crippen LogP contribution >= 0.6 is 0 Å². The molecule has 1 aromatic carbocycles. The lowest BCUT2D eigenvalue weighted by Crippen LogP contribution is -2.33. The molecule has 2 amide bonds. The fraction of sp³-hybridized carbons (Fsp3) is 0.296. The number of amides is 2. The minimum Gasteiger partial charge on any atom is -0.381 e. The van der Waals surface area contributed by atoms with Crippen LogP contribution in [0.25, 0.3) is 16.9 Å². The van der Waals surface area contributed by atoms with E-state index in [9.17, 15) is 22.8 Å². The van der Waals surface area contributed by atoms with Crippen LogP contribution in [0.4, 0.5) is 24.7 Å². The molecule has 202 valence electrons. The summed E-state index contributed by atoms with van der Waals surface area (Å²) < 4.78 is 43.5. The molecule has 1 aliphatic carbocycles. The van der Waals surface area contributed by atoms with Gasteiger partial charge >= 0.3 is 6.18 Å². The second-order valence-electron chi connectivity index (χ2n) is 9.69. The van der Waals surface area contributed by atoms with Gasteiger partial charge in [-0.05, 0) is 74.1 Å². The molecular weight excluding hydrogens is 511 g/mol. The third-order valence-corrected chi connectivity index (χ3v) is 7.11. The Labute approximate surface area is 221 Å². The number of pyridine rings is 1. The molecule has 0 spiro atoms. The van der Waals surface area contributed by atoms with Crippen molar-refractivity contribution in [1.29, 1.82) is 0 Å². The Morgan fingerprint density at radius 2 is 1.97 bits per heavy atom. The van der Waals surface area contributed by atoms with Crippen LogP contribution in [0, 0.1) is 12.8 Å². The highest BCUT2D eigenvalue weighted by molar-refractivity contribution is 6.11. The Kier molecular flexibility index (Phi) is 6.71. The molecule has 0 radical (unpaired) electrons. The fourth-order valence-electron chi connectivity index (χ4n) is 4.66. The molecule has 1 unspecified atom stereocenters. The number of nitrogens with two attached hydrogens (primary N) is 1. The zero-order chi connectivity index (χ0) is 27.9. The Bertz CT molecular complexity index is 1550. The molecule has 1 aliphatic rings. The normalized spacial score (nSPS) is 14.3. The smallest absolute Gasteiger partial charge is 0.381 e. The molecule has 1 atom stereocenters. The van der Waals surface area contributed by atoms with Gasteiger partial charge in [0.15, 0.2) is 11.5 Å². The monoisotopic (exact) mass is 537 g/mol. The molecule has 3 N–H and O–H groups in total. The minimum absolute atomic E-state index is 0.0116. The fourth-order valence-corrected chi connectivity index (χ4v) is 4.66. The SMILES string of the molecule is Cc1c(CN(C=O)C(C)C2CC2)cc(-c2ccn3nc(N)c(C(=O)Nc4ccncc4)c3n2)cc1C(F)(F)F. The summed E-state index contributed by atoms with van der Waals surface area (Å²) in [6, 6.07) is 7.25. The molecule has 3 aromatic heterocycles. The van der Waals surface area contributed by atoms with Crippen molar-refractivity contribution in [2.45, 2.75) is 45.5 Å². The number of carbonyl (C=O) groups excluding carboxylic acids is 2. The molecule has 9 nitrogen and oxygen atoms in total. The van der Waals surface area contributed by atoms with Crippen LogP contribution < -0.4 is 11.1 Å². The lowest BCUT2D eigenvalue weighted by Gasteiger charge is -2.27. The van der Waals surface area contributed by atoms with Gasteiger partial charge in [-0.25, -0.2) is 9.50 Å². The number of hydrogen-bond acceptors (Lipinski definition) is 6. The largest absolute Gasteiger partial charge is 0.416 e. The maximum absolute atomic E-state index is 14.1. The van der Waals surface area contributed by atoms with Crippen molar-refractivity contribution in [2.75, 3.05) is 11.1 Å². The molecule has 12 heteroatoms. The number of carbonyl (C=O) groups is 2. The predicted octanol–water partition coefficient (Wildman–Crippen LogP) is 4.71. The quantitative estimate of drug-likeness (QED) is 0.314. The van der Waals surface area contributed by atoms with Crippen LogP contribution in [0.5, 0.6) is 0 Å². The van der Waals surface area contributed by atoms with Crippen molar-refractivity contribution in [1.82, 2.24) is 24.5 Å². The highest BCUT2D eigenvalue weighted by Gasteiger charge is 2.35. The Morgan fingerprint density at radius 3 is 2.62 bits per heavy atom. The first-order valence-corrected chi connectivity index (χ1v) is 12.3. The first-order chi connectivity index (χ1) is 18.6. The number of anilines is 2. The van der Waals surface area contributed by atoms with Gasteiger partial charge in [-0.1, -0.05) is 0 Å². The number of nitrogens with zero attached hydrogens (tertiary/aromatic N) is 5. The lowest BCUT2D eigenvalue weighted by molar-refractivity contribution is -0.138. The van der Waals surface area contributed by atoms with E-state index in [-0.39, 0.29) is 46.4 Å². The van der Waals surface area contributed by atoms with Gasteiger partial charge in [0.05, 0.1) is 11.3 Å². The molecule has 1 fully saturated rings. The Balaban J connectivity index is 1.57. The summed E-state index contributed by atoms with van der Waals surface area (Å²) in [7, 11) is 0. The minimum atomic E-state index is -4.62. The van der Waals surface area contributed by atoms with Gasteiger partial charge in [0.25, 0.3) is 5.91 Å². The molecule has 4 aromatic rings. The molecular formula is C27H26F3N7O2. The summed E-state index contributed by atoms with van der Waals surface area (Å²) in [6.07, 6.45) is 2.56. The van der Waals surface area contributed by atoms with Crippen LogP contribution in [-0.2, 0) is 17.5 Å². The van der Waals surface area contributed by atoms with E-state index in [0.29, 0.717) is 23.6 Å². The van der Waals surface area contributed by atoms with Crippen LogP contribution in [-0.4, -0.2) is 42.8 Å². The van der Waals surface area contributed by atoms with Crippen LogP contribution in [0.3, 0.4) is 0 Å². The summed E-state index contributed by atoms with van der Waals surface area (Å²) in [6.45, 7) is 3.35. The highest BCUT2D eigenvalue weighted by Crippen LogP contribution is 2.38. The summed E-state index contributed by atoms with van der Waals surface area (Å²) in [5.74, 6) is -0.300. The molecule has 5 rings (SSSR count). The van der Waals surface area contributed by atoms with E-state index in [1.807, 2.05) is 6.92 Å². The number of aromatic nitrogens is 4. The number of fused-ring (bicyclic) bond motifs is 1. The van der Waals surface area contributed by atoms with Crippen LogP contribution in [0.15, 0.2) is 48.9 Å². The van der Waals surface area contributed by atoms with Gasteiger partial charge in [0.1, 0.15) is 5.56 Å². The number of hydrogen-bond donors (Lipinski definition) is 2. The van der Waals surface area contributed by atoms with Crippen molar-refractivity contribution < 1.29 is 22.8 Å². The molecule has 1 saturated carbocycles. The van der Waals surface area contributed by atoms with E-state index >= 15 is 0 Å². The summed E-state index contributed by atoms with van der Waals surface area (Å²) in [4.78, 5) is 34.8. The van der Waals surface area contributed by atoms with Crippen molar-refractivity contribution in [2.24, 2.45) is 5.92 Å². The number of nitrogens with one attached hydrogen (secondary N) is 1. The topological polar surface area (TPSA) is 119 Å². The van der Waals surface area contributed by atoms with E-state index in [1.54, 1.807) is 23.1 Å². The van der Waals surface area contributed by atoms with E-state index in [4.69, 9.17) is 5.73 Å². The number of alkyl halides is 3. The number of nitrogen functional groups attached to an aromatic ring is 1. The zero-order valence-electron chi connectivity index (χ0n) is 21.2. The number of benzene rings is 1. The summed E-state index contributed by atoms with van der Waals surface area (Å²) in [5.41, 5.74) is 6.55. The van der Waals surface area contributed by atoms with Gasteiger partial charge < -0.3 is 16.0 Å². The number of rotatable bonds is 8. The van der Waals surface area contributed by atoms with Crippen LogP contribution in [0.1, 0.15) is 46.8 Å². The van der Waals surface area contributed by atoms with Crippen molar-refractivity contribution in [3.63, 3.8) is 0 Å². The van der Waals surface area contributed by atoms with Gasteiger partial charge in [0.2, 0.25) is 6.41 Å². The maximum Gasteiger partial charge on any atom is 0.416 e. The average Bonchev–Trinajstić information content (AvgIpc) is 3.69. The second kappa shape index (κ2) is 10.0. The standard InChI is InChI=1S/C27H26F3N7O2/c1-15-19(13-36(14-38)16(2)17-3-4-17)11-18(12-21(15)27(28,29)30)22-7-10-37-25(34-22)23(24(31)35-37)26(39)33-20-5-8-32-9-6-20/h5-12,14,16-17H,3-4,13H2,1-2H3,(H2,31,35)(H,32,33,39). The molecule has 0 saturated heterocycles. The lowest BCUT2D eigenvalue weighted by atomic mass is 9.96. The Hall–Kier alpha value is -4.48. The highest BCUT2D eigenvalue weighted by atomic mass is 19.4. The molecule has 39 heavy (non-hydrogen) atoms.